The maximum Gasteiger partial charge on any atom is 0.267 e. The van der Waals surface area contributed by atoms with Crippen molar-refractivity contribution in [2.24, 2.45) is 0 Å². The van der Waals surface area contributed by atoms with Gasteiger partial charge >= 0.3 is 0 Å². The average Bonchev–Trinajstić information content (AvgIpc) is 2.75. The summed E-state index contributed by atoms with van der Waals surface area (Å²) in [4.78, 5) is 30.6. The Kier molecular flexibility index (Phi) is 5.18. The Hall–Kier alpha value is -3.74. The molecule has 0 unspecified atom stereocenters. The van der Waals surface area contributed by atoms with Crippen LogP contribution in [0.1, 0.15) is 28.4 Å². The third-order valence-corrected chi connectivity index (χ3v) is 5.24. The maximum absolute atomic E-state index is 13.1. The summed E-state index contributed by atoms with van der Waals surface area (Å²) in [6, 6.07) is 15.0. The van der Waals surface area contributed by atoms with Crippen LogP contribution in [0.2, 0.25) is 0 Å². The molecule has 0 fully saturated rings. The minimum Gasteiger partial charge on any atom is -0.352 e. The molecular weight excluding hydrogens is 378 g/mol. The van der Waals surface area contributed by atoms with E-state index in [4.69, 9.17) is 5.41 Å². The van der Waals surface area contributed by atoms with Crippen LogP contribution in [0.5, 0.6) is 0 Å². The van der Waals surface area contributed by atoms with Gasteiger partial charge in [-0.25, -0.2) is 4.98 Å². The van der Waals surface area contributed by atoms with Crippen LogP contribution in [0.25, 0.3) is 16.7 Å². The Labute approximate surface area is 173 Å². The number of aromatic nitrogens is 3. The molecule has 0 spiro atoms. The van der Waals surface area contributed by atoms with E-state index < -0.39 is 0 Å². The number of carbonyl (C=O) groups is 1. The van der Waals surface area contributed by atoms with Gasteiger partial charge in [-0.3, -0.25) is 19.4 Å². The Morgan fingerprint density at radius 1 is 1.13 bits per heavy atom. The van der Waals surface area contributed by atoms with Gasteiger partial charge in [-0.15, -0.1) is 0 Å². The van der Waals surface area contributed by atoms with Gasteiger partial charge in [-0.1, -0.05) is 36.4 Å². The first-order valence-corrected chi connectivity index (χ1v) is 9.93. The quantitative estimate of drug-likeness (QED) is 0.503. The maximum atomic E-state index is 13.1. The number of pyridine rings is 2. The molecule has 7 nitrogen and oxygen atoms in total. The summed E-state index contributed by atoms with van der Waals surface area (Å²) in [5, 5.41) is 11.7. The molecule has 4 aromatic rings. The van der Waals surface area contributed by atoms with Crippen molar-refractivity contribution in [3.63, 3.8) is 0 Å². The van der Waals surface area contributed by atoms with E-state index in [0.717, 1.165) is 11.1 Å². The first-order chi connectivity index (χ1) is 14.5. The highest BCUT2D eigenvalue weighted by Crippen LogP contribution is 2.12. The molecular formula is C23H23N5O2. The van der Waals surface area contributed by atoms with Crippen molar-refractivity contribution in [1.29, 1.82) is 5.41 Å². The number of hydrogen-bond acceptors (Lipinski definition) is 4. The summed E-state index contributed by atoms with van der Waals surface area (Å²) in [7, 11) is 0. The molecule has 0 saturated heterocycles. The Balaban J connectivity index is 1.77. The van der Waals surface area contributed by atoms with Crippen LogP contribution in [0.3, 0.4) is 0 Å². The fourth-order valence-corrected chi connectivity index (χ4v) is 3.64. The van der Waals surface area contributed by atoms with Crippen molar-refractivity contribution in [3.05, 3.63) is 87.3 Å². The molecule has 1 aromatic carbocycles. The lowest BCUT2D eigenvalue weighted by Gasteiger charge is -2.14. The smallest absolute Gasteiger partial charge is 0.267 e. The normalized spacial score (nSPS) is 11.1. The molecule has 152 valence electrons. The molecule has 0 aliphatic rings. The van der Waals surface area contributed by atoms with Gasteiger partial charge in [0, 0.05) is 19.3 Å². The van der Waals surface area contributed by atoms with Crippen molar-refractivity contribution >= 4 is 22.6 Å². The van der Waals surface area contributed by atoms with Crippen molar-refractivity contribution in [2.75, 3.05) is 6.54 Å². The number of aryl methyl sites for hydroxylation is 2. The van der Waals surface area contributed by atoms with Gasteiger partial charge in [0.05, 0.1) is 10.9 Å². The molecule has 3 heterocycles. The van der Waals surface area contributed by atoms with E-state index in [1.165, 1.54) is 10.5 Å². The molecule has 1 amide bonds. The molecule has 7 heteroatoms. The second-order valence-electron chi connectivity index (χ2n) is 7.18. The third-order valence-electron chi connectivity index (χ3n) is 5.24. The topological polar surface area (TPSA) is 92.2 Å². The number of nitrogens with zero attached hydrogens (tertiary/aromatic N) is 3. The number of benzene rings is 1. The van der Waals surface area contributed by atoms with Gasteiger partial charge in [0.2, 0.25) is 0 Å². The molecule has 0 atom stereocenters. The molecule has 0 bridgehead atoms. The van der Waals surface area contributed by atoms with Crippen LogP contribution in [0.15, 0.2) is 59.5 Å². The number of carbonyl (C=O) groups excluding carboxylic acids is 1. The molecule has 30 heavy (non-hydrogen) atoms. The molecule has 4 rings (SSSR count). The number of fused-ring (bicyclic) bond motifs is 2. The van der Waals surface area contributed by atoms with Gasteiger partial charge in [-0.2, -0.15) is 0 Å². The fourth-order valence-electron chi connectivity index (χ4n) is 3.64. The van der Waals surface area contributed by atoms with Gasteiger partial charge in [0.1, 0.15) is 16.8 Å². The summed E-state index contributed by atoms with van der Waals surface area (Å²) < 4.78 is 3.09. The Morgan fingerprint density at radius 2 is 1.90 bits per heavy atom. The van der Waals surface area contributed by atoms with Crippen molar-refractivity contribution in [3.8, 4) is 0 Å². The standard InChI is InChI=1S/C23H23N5O2/c1-3-27-19(24)17(22(29)25-12-11-16-9-5-4-6-10-16)14-18-21(27)26-20-15(2)8-7-13-28(20)23(18)30/h4-10,13-14,24H,3,11-12H2,1-2H3,(H,25,29). The highest BCUT2D eigenvalue weighted by molar-refractivity contribution is 5.96. The first kappa shape index (κ1) is 19.6. The lowest BCUT2D eigenvalue weighted by atomic mass is 10.1. The van der Waals surface area contributed by atoms with Crippen LogP contribution in [0, 0.1) is 12.3 Å². The van der Waals surface area contributed by atoms with Gasteiger partial charge in [-0.05, 0) is 43.5 Å². The summed E-state index contributed by atoms with van der Waals surface area (Å²) in [5.74, 6) is -0.367. The Morgan fingerprint density at radius 3 is 2.63 bits per heavy atom. The number of amides is 1. The molecule has 2 N–H and O–H groups in total. The second kappa shape index (κ2) is 7.94. The van der Waals surface area contributed by atoms with Crippen LogP contribution < -0.4 is 16.4 Å². The van der Waals surface area contributed by atoms with Crippen molar-refractivity contribution < 1.29 is 4.79 Å². The van der Waals surface area contributed by atoms with Crippen molar-refractivity contribution in [1.82, 2.24) is 19.3 Å². The predicted molar refractivity (Wildman–Crippen MR) is 116 cm³/mol. The van der Waals surface area contributed by atoms with Crippen molar-refractivity contribution in [2.45, 2.75) is 26.8 Å². The SMILES string of the molecule is CCn1c(=N)c(C(=O)NCCc2ccccc2)cc2c(=O)n3cccc(C)c3nc21. The van der Waals surface area contributed by atoms with Gasteiger partial charge in [0.25, 0.3) is 11.5 Å². The lowest BCUT2D eigenvalue weighted by molar-refractivity contribution is 0.0951. The molecule has 0 aliphatic heterocycles. The van der Waals surface area contributed by atoms with E-state index in [2.05, 4.69) is 10.3 Å². The zero-order valence-electron chi connectivity index (χ0n) is 17.0. The van der Waals surface area contributed by atoms with Crippen LogP contribution in [0.4, 0.5) is 0 Å². The lowest BCUT2D eigenvalue weighted by Crippen LogP contribution is -2.35. The van der Waals surface area contributed by atoms with E-state index in [1.807, 2.05) is 50.2 Å². The minimum absolute atomic E-state index is 0.0482. The van der Waals surface area contributed by atoms with Crippen LogP contribution >= 0.6 is 0 Å². The number of rotatable bonds is 5. The van der Waals surface area contributed by atoms with Gasteiger partial charge in [0.15, 0.2) is 0 Å². The average molecular weight is 401 g/mol. The summed E-state index contributed by atoms with van der Waals surface area (Å²) in [5.41, 5.74) is 2.93. The number of nitrogens with one attached hydrogen (secondary N) is 2. The van der Waals surface area contributed by atoms with E-state index >= 15 is 0 Å². The highest BCUT2D eigenvalue weighted by atomic mass is 16.1. The van der Waals surface area contributed by atoms with Crippen LogP contribution in [-0.2, 0) is 13.0 Å². The molecule has 0 aliphatic carbocycles. The Bertz CT molecular complexity index is 1370. The monoisotopic (exact) mass is 401 g/mol. The van der Waals surface area contributed by atoms with E-state index in [-0.39, 0.29) is 22.5 Å². The first-order valence-electron chi connectivity index (χ1n) is 9.93. The molecule has 3 aromatic heterocycles. The van der Waals surface area contributed by atoms with E-state index in [1.54, 1.807) is 16.8 Å². The second-order valence-corrected chi connectivity index (χ2v) is 7.18. The highest BCUT2D eigenvalue weighted by Gasteiger charge is 2.17. The zero-order valence-corrected chi connectivity index (χ0v) is 17.0. The van der Waals surface area contributed by atoms with E-state index in [0.29, 0.717) is 36.2 Å². The zero-order chi connectivity index (χ0) is 21.3. The summed E-state index contributed by atoms with van der Waals surface area (Å²) >= 11 is 0. The third kappa shape index (κ3) is 3.39. The minimum atomic E-state index is -0.367. The largest absolute Gasteiger partial charge is 0.352 e. The molecule has 0 saturated carbocycles. The fraction of sp³-hybridized carbons (Fsp3) is 0.217. The molecule has 0 radical (unpaired) electrons. The number of hydrogen-bond donors (Lipinski definition) is 2. The summed E-state index contributed by atoms with van der Waals surface area (Å²) in [6.45, 7) is 4.63. The van der Waals surface area contributed by atoms with E-state index in [9.17, 15) is 9.59 Å². The van der Waals surface area contributed by atoms with Crippen LogP contribution in [-0.4, -0.2) is 26.4 Å². The summed E-state index contributed by atoms with van der Waals surface area (Å²) in [6.07, 6.45) is 2.36. The van der Waals surface area contributed by atoms with Gasteiger partial charge < -0.3 is 9.88 Å². The predicted octanol–water partition coefficient (Wildman–Crippen LogP) is 2.43.